The third-order valence-corrected chi connectivity index (χ3v) is 10.4. The minimum atomic E-state index is -1.03. The van der Waals surface area contributed by atoms with Crippen LogP contribution in [-0.2, 0) is 38.1 Å². The minimum absolute atomic E-state index is 0.0749. The molecule has 4 saturated carbocycles. The van der Waals surface area contributed by atoms with Crippen molar-refractivity contribution in [3.63, 3.8) is 0 Å². The van der Waals surface area contributed by atoms with Gasteiger partial charge in [-0.15, -0.1) is 6.58 Å². The largest absolute Gasteiger partial charge is 0.462 e. The Bertz CT molecular complexity index is 938. The van der Waals surface area contributed by atoms with Crippen LogP contribution in [-0.4, -0.2) is 48.3 Å². The van der Waals surface area contributed by atoms with Gasteiger partial charge in [0.15, 0.2) is 0 Å². The van der Waals surface area contributed by atoms with Gasteiger partial charge in [0, 0.05) is 0 Å². The molecule has 4 aliphatic carbocycles. The van der Waals surface area contributed by atoms with Crippen molar-refractivity contribution in [2.75, 3.05) is 0 Å². The summed E-state index contributed by atoms with van der Waals surface area (Å²) < 4.78 is 23.8. The van der Waals surface area contributed by atoms with E-state index in [9.17, 15) is 19.2 Å². The highest BCUT2D eigenvalue weighted by Crippen LogP contribution is 2.35. The van der Waals surface area contributed by atoms with Gasteiger partial charge in [0.1, 0.15) is 24.4 Å². The molecule has 4 rings (SSSR count). The molecule has 44 heavy (non-hydrogen) atoms. The Kier molecular flexibility index (Phi) is 14.1. The smallest absolute Gasteiger partial charge is 0.313 e. The lowest BCUT2D eigenvalue weighted by molar-refractivity contribution is -0.173. The maximum atomic E-state index is 13.9. The molecule has 0 aromatic heterocycles. The summed E-state index contributed by atoms with van der Waals surface area (Å²) in [4.78, 5) is 54.9. The number of carbonyl (C=O) groups is 4. The average molecular weight is 617 g/mol. The van der Waals surface area contributed by atoms with E-state index in [1.807, 2.05) is 0 Å². The topological polar surface area (TPSA) is 105 Å². The summed E-state index contributed by atoms with van der Waals surface area (Å²) in [5, 5.41) is 0. The molecule has 4 unspecified atom stereocenters. The monoisotopic (exact) mass is 616 g/mol. The molecule has 0 radical (unpaired) electrons. The standard InChI is InChI=1S/C36H56O8/c1-3-30(34(38)42-27-18-10-5-11-19-27)32(36(40)44-29-22-14-7-15-23-29)24-31(35(39)43-28-20-12-6-13-21-28)25(2)33(37)41-26-16-8-4-9-17-26/h3,25-32H,1,4-24H2,2H3. The van der Waals surface area contributed by atoms with Gasteiger partial charge >= 0.3 is 23.9 Å². The fourth-order valence-corrected chi connectivity index (χ4v) is 7.51. The second-order valence-electron chi connectivity index (χ2n) is 13.8. The number of hydrogen-bond acceptors (Lipinski definition) is 8. The zero-order chi connectivity index (χ0) is 31.3. The van der Waals surface area contributed by atoms with Crippen molar-refractivity contribution in [3.8, 4) is 0 Å². The molecule has 0 heterocycles. The number of ether oxygens (including phenoxy) is 4. The first-order chi connectivity index (χ1) is 21.4. The highest BCUT2D eigenvalue weighted by Gasteiger charge is 2.44. The summed E-state index contributed by atoms with van der Waals surface area (Å²) in [7, 11) is 0. The molecule has 8 nitrogen and oxygen atoms in total. The summed E-state index contributed by atoms with van der Waals surface area (Å²) in [6, 6.07) is 0. The molecule has 4 fully saturated rings. The van der Waals surface area contributed by atoms with E-state index in [0.717, 1.165) is 128 Å². The molecule has 248 valence electrons. The second-order valence-corrected chi connectivity index (χ2v) is 13.8. The van der Waals surface area contributed by atoms with Gasteiger partial charge in [-0.3, -0.25) is 19.2 Å². The molecular formula is C36H56O8. The van der Waals surface area contributed by atoms with Gasteiger partial charge in [-0.05, 0) is 109 Å². The fraction of sp³-hybridized carbons (Fsp3) is 0.833. The van der Waals surface area contributed by atoms with Crippen LogP contribution in [0.5, 0.6) is 0 Å². The first-order valence-corrected chi connectivity index (χ1v) is 17.8. The molecule has 0 aliphatic heterocycles. The Labute approximate surface area is 264 Å². The van der Waals surface area contributed by atoms with E-state index in [0.29, 0.717) is 0 Å². The molecule has 0 amide bonds. The predicted octanol–water partition coefficient (Wildman–Crippen LogP) is 7.55. The van der Waals surface area contributed by atoms with E-state index in [-0.39, 0.29) is 30.8 Å². The average Bonchev–Trinajstić information content (AvgIpc) is 3.04. The molecule has 8 heteroatoms. The van der Waals surface area contributed by atoms with Gasteiger partial charge < -0.3 is 18.9 Å². The van der Waals surface area contributed by atoms with E-state index in [2.05, 4.69) is 6.58 Å². The van der Waals surface area contributed by atoms with E-state index in [1.54, 1.807) is 6.92 Å². The molecule has 0 aromatic rings. The summed E-state index contributed by atoms with van der Waals surface area (Å²) in [5.74, 6) is -5.87. The third-order valence-electron chi connectivity index (χ3n) is 10.4. The van der Waals surface area contributed by atoms with Crippen molar-refractivity contribution in [2.24, 2.45) is 23.7 Å². The number of hydrogen-bond donors (Lipinski definition) is 0. The highest BCUT2D eigenvalue weighted by atomic mass is 16.6. The minimum Gasteiger partial charge on any atom is -0.462 e. The second kappa shape index (κ2) is 17.9. The summed E-state index contributed by atoms with van der Waals surface area (Å²) in [6.45, 7) is 5.60. The zero-order valence-electron chi connectivity index (χ0n) is 27.0. The van der Waals surface area contributed by atoms with Crippen LogP contribution in [0.2, 0.25) is 0 Å². The third kappa shape index (κ3) is 10.3. The highest BCUT2D eigenvalue weighted by molar-refractivity contribution is 5.86. The lowest BCUT2D eigenvalue weighted by Gasteiger charge is -2.32. The van der Waals surface area contributed by atoms with Crippen LogP contribution in [0.4, 0.5) is 0 Å². The number of rotatable bonds is 13. The summed E-state index contributed by atoms with van der Waals surface area (Å²) >= 11 is 0. The Hall–Kier alpha value is -2.38. The van der Waals surface area contributed by atoms with Gasteiger partial charge in [0.05, 0.1) is 23.7 Å². The molecule has 4 aliphatic rings. The van der Waals surface area contributed by atoms with Crippen LogP contribution in [0, 0.1) is 23.7 Å². The van der Waals surface area contributed by atoms with E-state index in [1.165, 1.54) is 6.08 Å². The van der Waals surface area contributed by atoms with Gasteiger partial charge in [-0.2, -0.15) is 0 Å². The Balaban J connectivity index is 1.56. The van der Waals surface area contributed by atoms with Crippen LogP contribution in [0.15, 0.2) is 12.7 Å². The van der Waals surface area contributed by atoms with Crippen LogP contribution in [0.3, 0.4) is 0 Å². The predicted molar refractivity (Wildman–Crippen MR) is 166 cm³/mol. The molecule has 0 N–H and O–H groups in total. The van der Waals surface area contributed by atoms with Crippen LogP contribution in [0.25, 0.3) is 0 Å². The van der Waals surface area contributed by atoms with Crippen molar-refractivity contribution in [3.05, 3.63) is 12.7 Å². The van der Waals surface area contributed by atoms with Crippen LogP contribution in [0.1, 0.15) is 142 Å². The van der Waals surface area contributed by atoms with Gasteiger partial charge in [-0.1, -0.05) is 38.7 Å². The maximum absolute atomic E-state index is 13.9. The molecule has 4 atom stereocenters. The van der Waals surface area contributed by atoms with E-state index < -0.39 is 47.5 Å². The number of carbonyl (C=O) groups excluding carboxylic acids is 4. The lowest BCUT2D eigenvalue weighted by Crippen LogP contribution is -2.41. The Morgan fingerprint density at radius 1 is 0.523 bits per heavy atom. The quantitative estimate of drug-likeness (QED) is 0.119. The molecule has 0 spiro atoms. The zero-order valence-corrected chi connectivity index (χ0v) is 27.0. The molecule has 0 saturated heterocycles. The Morgan fingerprint density at radius 3 is 1.20 bits per heavy atom. The van der Waals surface area contributed by atoms with Gasteiger partial charge in [0.2, 0.25) is 0 Å². The van der Waals surface area contributed by atoms with E-state index in [4.69, 9.17) is 18.9 Å². The van der Waals surface area contributed by atoms with Crippen molar-refractivity contribution in [2.45, 2.75) is 166 Å². The summed E-state index contributed by atoms with van der Waals surface area (Å²) in [6.07, 6.45) is 19.4. The van der Waals surface area contributed by atoms with E-state index >= 15 is 0 Å². The normalized spacial score (nSPS) is 23.8. The van der Waals surface area contributed by atoms with Crippen LogP contribution >= 0.6 is 0 Å². The van der Waals surface area contributed by atoms with Crippen molar-refractivity contribution in [1.29, 1.82) is 0 Å². The van der Waals surface area contributed by atoms with Gasteiger partial charge in [0.25, 0.3) is 0 Å². The first-order valence-electron chi connectivity index (χ1n) is 17.8. The Morgan fingerprint density at radius 2 is 0.841 bits per heavy atom. The van der Waals surface area contributed by atoms with Crippen LogP contribution < -0.4 is 0 Å². The fourth-order valence-electron chi connectivity index (χ4n) is 7.51. The van der Waals surface area contributed by atoms with Gasteiger partial charge in [-0.25, -0.2) is 0 Å². The molecular weight excluding hydrogens is 560 g/mol. The van der Waals surface area contributed by atoms with Crippen molar-refractivity contribution >= 4 is 23.9 Å². The lowest BCUT2D eigenvalue weighted by atomic mass is 9.79. The van der Waals surface area contributed by atoms with Crippen molar-refractivity contribution < 1.29 is 38.1 Å². The SMILES string of the molecule is C=CC(C(=O)OC1CCCCC1)C(CC(C(=O)OC1CCCCC1)C(C)C(=O)OC1CCCCC1)C(=O)OC1CCCCC1. The van der Waals surface area contributed by atoms with Crippen molar-refractivity contribution in [1.82, 2.24) is 0 Å². The molecule has 0 bridgehead atoms. The maximum Gasteiger partial charge on any atom is 0.313 e. The molecule has 0 aromatic carbocycles. The first kappa shape index (κ1) is 34.5. The number of esters is 4. The summed E-state index contributed by atoms with van der Waals surface area (Å²) in [5.41, 5.74) is 0.